The molecule has 0 saturated heterocycles. The normalized spacial score (nSPS) is 10.6. The fourth-order valence-corrected chi connectivity index (χ4v) is 2.57. The molecule has 3 heterocycles. The fraction of sp³-hybridized carbons (Fsp3) is 0.286. The highest BCUT2D eigenvalue weighted by molar-refractivity contribution is 7.07. The van der Waals surface area contributed by atoms with Crippen LogP contribution in [0.3, 0.4) is 0 Å². The maximum atomic E-state index is 11.9. The highest BCUT2D eigenvalue weighted by atomic mass is 32.1. The van der Waals surface area contributed by atoms with Gasteiger partial charge in [0.15, 0.2) is 5.82 Å². The Hall–Kier alpha value is -2.88. The Morgan fingerprint density at radius 2 is 2.17 bits per heavy atom. The van der Waals surface area contributed by atoms with E-state index in [4.69, 9.17) is 0 Å². The van der Waals surface area contributed by atoms with Gasteiger partial charge in [0.2, 0.25) is 0 Å². The Morgan fingerprint density at radius 3 is 2.88 bits per heavy atom. The highest BCUT2D eigenvalue weighted by Crippen LogP contribution is 2.09. The molecule has 0 aliphatic carbocycles. The van der Waals surface area contributed by atoms with Crippen LogP contribution in [0.2, 0.25) is 0 Å². The second-order valence-electron chi connectivity index (χ2n) is 5.03. The van der Waals surface area contributed by atoms with Crippen LogP contribution >= 0.6 is 11.5 Å². The van der Waals surface area contributed by atoms with Crippen molar-refractivity contribution in [2.24, 2.45) is 0 Å². The molecule has 3 rings (SSSR count). The Morgan fingerprint density at radius 1 is 1.29 bits per heavy atom. The van der Waals surface area contributed by atoms with Crippen LogP contribution in [-0.2, 0) is 0 Å². The predicted octanol–water partition coefficient (Wildman–Crippen LogP) is 0.973. The van der Waals surface area contributed by atoms with Crippen LogP contribution < -0.4 is 10.6 Å². The molecular formula is C14H16N8OS. The van der Waals surface area contributed by atoms with Crippen molar-refractivity contribution in [1.29, 1.82) is 0 Å². The molecular weight excluding hydrogens is 328 g/mol. The molecule has 1 amide bonds. The summed E-state index contributed by atoms with van der Waals surface area (Å²) in [6.45, 7) is 4.66. The number of carbonyl (C=O) groups is 1. The van der Waals surface area contributed by atoms with Crippen LogP contribution in [0.1, 0.15) is 21.1 Å². The Kier molecular flexibility index (Phi) is 4.75. The van der Waals surface area contributed by atoms with Crippen LogP contribution in [0.4, 0.5) is 5.82 Å². The molecule has 0 saturated carbocycles. The molecule has 0 atom stereocenters. The maximum absolute atomic E-state index is 11.9. The maximum Gasteiger partial charge on any atom is 0.265 e. The molecule has 2 N–H and O–H groups in total. The minimum Gasteiger partial charge on any atom is -0.368 e. The van der Waals surface area contributed by atoms with Gasteiger partial charge >= 0.3 is 0 Å². The smallest absolute Gasteiger partial charge is 0.265 e. The van der Waals surface area contributed by atoms with Gasteiger partial charge in [0, 0.05) is 25.4 Å². The molecule has 3 aromatic heterocycles. The van der Waals surface area contributed by atoms with Crippen LogP contribution in [0.5, 0.6) is 0 Å². The number of hydrogen-bond donors (Lipinski definition) is 2. The van der Waals surface area contributed by atoms with Gasteiger partial charge in [-0.25, -0.2) is 14.6 Å². The van der Waals surface area contributed by atoms with E-state index >= 15 is 0 Å². The van der Waals surface area contributed by atoms with Crippen molar-refractivity contribution in [3.8, 4) is 5.82 Å². The molecule has 3 aromatic rings. The Labute approximate surface area is 142 Å². The second-order valence-corrected chi connectivity index (χ2v) is 5.79. The lowest BCUT2D eigenvalue weighted by molar-refractivity contribution is 0.0958. The molecule has 0 fully saturated rings. The predicted molar refractivity (Wildman–Crippen MR) is 89.4 cm³/mol. The second kappa shape index (κ2) is 7.13. The lowest BCUT2D eigenvalue weighted by Gasteiger charge is -2.08. The molecule has 0 aliphatic heterocycles. The summed E-state index contributed by atoms with van der Waals surface area (Å²) in [6.07, 6.45) is 3.31. The zero-order valence-corrected chi connectivity index (χ0v) is 14.0. The molecule has 124 valence electrons. The Balaban J connectivity index is 1.52. The van der Waals surface area contributed by atoms with Gasteiger partial charge in [-0.3, -0.25) is 4.79 Å². The quantitative estimate of drug-likeness (QED) is 0.641. The summed E-state index contributed by atoms with van der Waals surface area (Å²) in [5.41, 5.74) is 1.55. The molecule has 0 radical (unpaired) electrons. The third-order valence-corrected chi connectivity index (χ3v) is 4.01. The van der Waals surface area contributed by atoms with Crippen molar-refractivity contribution in [2.75, 3.05) is 18.4 Å². The van der Waals surface area contributed by atoms with Gasteiger partial charge in [-0.1, -0.05) is 4.49 Å². The van der Waals surface area contributed by atoms with E-state index in [9.17, 15) is 4.79 Å². The van der Waals surface area contributed by atoms with E-state index in [1.165, 1.54) is 6.33 Å². The van der Waals surface area contributed by atoms with E-state index in [0.717, 1.165) is 17.2 Å². The number of hydrogen-bond acceptors (Lipinski definition) is 8. The summed E-state index contributed by atoms with van der Waals surface area (Å²) in [5.74, 6) is 1.17. The molecule has 24 heavy (non-hydrogen) atoms. The number of aryl methyl sites for hydroxylation is 2. The number of nitrogens with one attached hydrogen (secondary N) is 2. The van der Waals surface area contributed by atoms with E-state index in [2.05, 4.69) is 35.3 Å². The van der Waals surface area contributed by atoms with Gasteiger partial charge < -0.3 is 10.6 Å². The van der Waals surface area contributed by atoms with E-state index < -0.39 is 0 Å². The first-order chi connectivity index (χ1) is 11.6. The number of anilines is 1. The lowest BCUT2D eigenvalue weighted by Crippen LogP contribution is -2.28. The van der Waals surface area contributed by atoms with Crippen molar-refractivity contribution in [2.45, 2.75) is 13.8 Å². The number of carbonyl (C=O) groups excluding carboxylic acids is 1. The summed E-state index contributed by atoms with van der Waals surface area (Å²) in [4.78, 5) is 20.8. The average Bonchev–Trinajstić information content (AvgIpc) is 3.20. The zero-order valence-electron chi connectivity index (χ0n) is 13.2. The molecule has 0 spiro atoms. The van der Waals surface area contributed by atoms with Gasteiger partial charge in [-0.2, -0.15) is 5.10 Å². The van der Waals surface area contributed by atoms with Crippen LogP contribution in [0, 0.1) is 13.8 Å². The first-order valence-corrected chi connectivity index (χ1v) is 8.06. The molecule has 9 nitrogen and oxygen atoms in total. The van der Waals surface area contributed by atoms with Crippen molar-refractivity contribution >= 4 is 23.3 Å². The van der Waals surface area contributed by atoms with Gasteiger partial charge in [-0.05, 0) is 31.4 Å². The zero-order chi connectivity index (χ0) is 16.9. The van der Waals surface area contributed by atoms with Gasteiger partial charge in [0.1, 0.15) is 17.0 Å². The minimum atomic E-state index is -0.167. The van der Waals surface area contributed by atoms with Crippen LogP contribution in [0.15, 0.2) is 24.7 Å². The van der Waals surface area contributed by atoms with Crippen molar-refractivity contribution < 1.29 is 4.79 Å². The fourth-order valence-electron chi connectivity index (χ4n) is 2.00. The van der Waals surface area contributed by atoms with Gasteiger partial charge in [0.05, 0.1) is 11.4 Å². The number of amides is 1. The summed E-state index contributed by atoms with van der Waals surface area (Å²) >= 11 is 1.09. The van der Waals surface area contributed by atoms with E-state index in [1.807, 2.05) is 19.2 Å². The summed E-state index contributed by atoms with van der Waals surface area (Å²) in [5, 5.41) is 14.1. The monoisotopic (exact) mass is 344 g/mol. The molecule has 0 aromatic carbocycles. The lowest BCUT2D eigenvalue weighted by atomic mass is 10.4. The molecule has 0 aliphatic rings. The number of aromatic nitrogens is 6. The SMILES string of the molecule is Cc1ccn(-c2cc(NCCNC(=O)c3snnc3C)ncn2)n1. The third kappa shape index (κ3) is 3.71. The largest absolute Gasteiger partial charge is 0.368 e. The van der Waals surface area contributed by atoms with Crippen LogP contribution in [-0.4, -0.2) is 48.3 Å². The van der Waals surface area contributed by atoms with E-state index in [0.29, 0.717) is 35.3 Å². The molecule has 0 unspecified atom stereocenters. The van der Waals surface area contributed by atoms with E-state index in [1.54, 1.807) is 17.7 Å². The standard InChI is InChI=1S/C14H16N8OS/c1-9-3-6-22(20-9)12-7-11(17-8-18-12)15-4-5-16-14(23)13-10(2)19-21-24-13/h3,6-8H,4-5H2,1-2H3,(H,16,23)(H,15,17,18). The molecule has 10 heteroatoms. The Bertz CT molecular complexity index is 843. The van der Waals surface area contributed by atoms with Crippen molar-refractivity contribution in [1.82, 2.24) is 34.7 Å². The number of rotatable bonds is 6. The summed E-state index contributed by atoms with van der Waals surface area (Å²) in [7, 11) is 0. The number of nitrogens with zero attached hydrogens (tertiary/aromatic N) is 6. The molecule has 0 bridgehead atoms. The first kappa shape index (κ1) is 16.0. The summed E-state index contributed by atoms with van der Waals surface area (Å²) < 4.78 is 5.43. The highest BCUT2D eigenvalue weighted by Gasteiger charge is 2.12. The van der Waals surface area contributed by atoms with Gasteiger partial charge in [0.25, 0.3) is 5.91 Å². The minimum absolute atomic E-state index is 0.167. The topological polar surface area (TPSA) is 111 Å². The van der Waals surface area contributed by atoms with Crippen molar-refractivity contribution in [3.05, 3.63) is 40.9 Å². The van der Waals surface area contributed by atoms with Gasteiger partial charge in [-0.15, -0.1) is 5.10 Å². The van der Waals surface area contributed by atoms with E-state index in [-0.39, 0.29) is 5.91 Å². The summed E-state index contributed by atoms with van der Waals surface area (Å²) in [6, 6.07) is 3.70. The first-order valence-electron chi connectivity index (χ1n) is 7.29. The average molecular weight is 344 g/mol. The van der Waals surface area contributed by atoms with Crippen LogP contribution in [0.25, 0.3) is 5.82 Å². The van der Waals surface area contributed by atoms with Crippen molar-refractivity contribution in [3.63, 3.8) is 0 Å². The third-order valence-electron chi connectivity index (χ3n) is 3.18.